The fourth-order valence-electron chi connectivity index (χ4n) is 7.62. The van der Waals surface area contributed by atoms with Gasteiger partial charge in [0.05, 0.1) is 35.5 Å². The molecule has 8 rings (SSSR count). The first-order valence-electron chi connectivity index (χ1n) is 16.4. The van der Waals surface area contributed by atoms with Crippen LogP contribution >= 0.6 is 0 Å². The zero-order chi connectivity index (χ0) is 33.5. The standard InChI is InChI=1S/C39H44N2O7/c1-40-16-14-25-21-27(42-3)22-33-34(25)29(40)19-24-10-13-31(43-4)32(20-24)47-26-11-8-23(9-12-26)18-30-35-28(15-17-41(30)2)36(44-5)38(45-6)39(46-7)37(35)48-33/h8-13,20-22,29-30H,14-19H2,1-7H3. The Morgan fingerprint density at radius 3 is 1.96 bits per heavy atom. The van der Waals surface area contributed by atoms with Gasteiger partial charge in [-0.25, -0.2) is 0 Å². The topological polar surface area (TPSA) is 71.1 Å². The maximum Gasteiger partial charge on any atom is 0.208 e. The summed E-state index contributed by atoms with van der Waals surface area (Å²) in [6, 6.07) is 18.6. The molecule has 4 aromatic carbocycles. The number of likely N-dealkylation sites (N-methyl/N-ethyl adjacent to an activating group) is 2. The molecule has 0 amide bonds. The largest absolute Gasteiger partial charge is 0.497 e. The molecule has 0 N–H and O–H groups in total. The summed E-state index contributed by atoms with van der Waals surface area (Å²) in [5, 5.41) is 0. The number of benzene rings is 4. The van der Waals surface area contributed by atoms with Crippen LogP contribution < -0.4 is 33.2 Å². The Bertz CT molecular complexity index is 1820. The molecular weight excluding hydrogens is 608 g/mol. The van der Waals surface area contributed by atoms with Gasteiger partial charge in [0.25, 0.3) is 0 Å². The summed E-state index contributed by atoms with van der Waals surface area (Å²) in [5.41, 5.74) is 6.73. The summed E-state index contributed by atoms with van der Waals surface area (Å²) in [6.07, 6.45) is 3.11. The van der Waals surface area contributed by atoms with Crippen LogP contribution in [-0.4, -0.2) is 72.5 Å². The first-order chi connectivity index (χ1) is 23.4. The second-order valence-corrected chi connectivity index (χ2v) is 12.8. The van der Waals surface area contributed by atoms with Crippen LogP contribution in [0, 0.1) is 0 Å². The van der Waals surface area contributed by atoms with E-state index in [-0.39, 0.29) is 12.1 Å². The zero-order valence-electron chi connectivity index (χ0n) is 28.8. The minimum atomic E-state index is -0.0325. The van der Waals surface area contributed by atoms with Gasteiger partial charge in [-0.15, -0.1) is 0 Å². The predicted molar refractivity (Wildman–Crippen MR) is 184 cm³/mol. The van der Waals surface area contributed by atoms with Crippen LogP contribution in [-0.2, 0) is 25.7 Å². The number of hydrogen-bond acceptors (Lipinski definition) is 9. The lowest BCUT2D eigenvalue weighted by Gasteiger charge is -2.39. The smallest absolute Gasteiger partial charge is 0.208 e. The first kappa shape index (κ1) is 32.0. The molecule has 9 heteroatoms. The van der Waals surface area contributed by atoms with Gasteiger partial charge in [-0.1, -0.05) is 18.2 Å². The molecule has 0 aliphatic carbocycles. The van der Waals surface area contributed by atoms with Crippen molar-refractivity contribution in [1.82, 2.24) is 9.80 Å². The number of nitrogens with zero attached hydrogens (tertiary/aromatic N) is 2. The molecule has 0 saturated carbocycles. The maximum absolute atomic E-state index is 7.25. The Balaban J connectivity index is 1.52. The van der Waals surface area contributed by atoms with Gasteiger partial charge in [0.1, 0.15) is 17.2 Å². The summed E-state index contributed by atoms with van der Waals surface area (Å²) >= 11 is 0. The van der Waals surface area contributed by atoms with Gasteiger partial charge in [-0.2, -0.15) is 0 Å². The molecule has 0 aromatic heterocycles. The summed E-state index contributed by atoms with van der Waals surface area (Å²) in [4.78, 5) is 4.78. The molecule has 4 aliphatic rings. The average molecular weight is 653 g/mol. The van der Waals surface area contributed by atoms with E-state index in [1.54, 1.807) is 35.5 Å². The monoisotopic (exact) mass is 652 g/mol. The van der Waals surface area contributed by atoms with Crippen molar-refractivity contribution < 1.29 is 33.2 Å². The Hall–Kier alpha value is -4.60. The molecule has 0 spiro atoms. The SMILES string of the molecule is COc1cc2c3c(c1)Oc1c(OC)c(OC)c(OC)c4c1C(Cc1ccc(cc1)Oc1cc(ccc1OC)CC3N(C)CC2)N(C)CC4. The van der Waals surface area contributed by atoms with Gasteiger partial charge < -0.3 is 33.2 Å². The van der Waals surface area contributed by atoms with Crippen LogP contribution in [0.3, 0.4) is 0 Å². The van der Waals surface area contributed by atoms with Crippen molar-refractivity contribution in [2.75, 3.05) is 62.7 Å². The van der Waals surface area contributed by atoms with E-state index in [2.05, 4.69) is 54.2 Å². The van der Waals surface area contributed by atoms with E-state index in [4.69, 9.17) is 33.2 Å². The number of ether oxygens (including phenoxy) is 7. The first-order valence-corrected chi connectivity index (χ1v) is 16.4. The van der Waals surface area contributed by atoms with Crippen molar-refractivity contribution in [1.29, 1.82) is 0 Å². The molecule has 2 unspecified atom stereocenters. The van der Waals surface area contributed by atoms with Gasteiger partial charge in [-0.3, -0.25) is 9.80 Å². The van der Waals surface area contributed by atoms with Crippen molar-refractivity contribution in [2.45, 2.75) is 37.8 Å². The van der Waals surface area contributed by atoms with Gasteiger partial charge in [0, 0.05) is 47.9 Å². The van der Waals surface area contributed by atoms with Gasteiger partial charge in [-0.05, 0) is 86.8 Å². The highest BCUT2D eigenvalue weighted by atomic mass is 16.5. The third kappa shape index (κ3) is 5.54. The van der Waals surface area contributed by atoms with Crippen LogP contribution in [0.4, 0.5) is 0 Å². The van der Waals surface area contributed by atoms with Crippen LogP contribution in [0.1, 0.15) is 45.5 Å². The molecule has 4 aliphatic heterocycles. The molecule has 4 aromatic rings. The van der Waals surface area contributed by atoms with Crippen LogP contribution in [0.15, 0.2) is 54.6 Å². The third-order valence-corrected chi connectivity index (χ3v) is 10.1. The van der Waals surface area contributed by atoms with Crippen LogP contribution in [0.25, 0.3) is 0 Å². The Morgan fingerprint density at radius 2 is 1.27 bits per heavy atom. The summed E-state index contributed by atoms with van der Waals surface area (Å²) in [5.74, 6) is 5.97. The van der Waals surface area contributed by atoms with Crippen LogP contribution in [0.2, 0.25) is 0 Å². The van der Waals surface area contributed by atoms with Crippen molar-refractivity contribution in [3.05, 3.63) is 88.0 Å². The van der Waals surface area contributed by atoms with E-state index in [1.807, 2.05) is 24.3 Å². The molecule has 48 heavy (non-hydrogen) atoms. The van der Waals surface area contributed by atoms with Crippen molar-refractivity contribution in [3.8, 4) is 51.7 Å². The van der Waals surface area contributed by atoms with E-state index in [1.165, 1.54) is 5.56 Å². The van der Waals surface area contributed by atoms with E-state index in [0.717, 1.165) is 83.8 Å². The summed E-state index contributed by atoms with van der Waals surface area (Å²) in [7, 11) is 12.7. The fourth-order valence-corrected chi connectivity index (χ4v) is 7.62. The molecule has 4 bridgehead atoms. The number of methoxy groups -OCH3 is 5. The van der Waals surface area contributed by atoms with Crippen molar-refractivity contribution in [3.63, 3.8) is 0 Å². The zero-order valence-corrected chi connectivity index (χ0v) is 28.8. The number of rotatable bonds is 5. The Morgan fingerprint density at radius 1 is 0.604 bits per heavy atom. The van der Waals surface area contributed by atoms with Gasteiger partial charge in [0.2, 0.25) is 11.5 Å². The minimum Gasteiger partial charge on any atom is -0.497 e. The van der Waals surface area contributed by atoms with Crippen molar-refractivity contribution in [2.24, 2.45) is 0 Å². The van der Waals surface area contributed by atoms with E-state index in [0.29, 0.717) is 34.5 Å². The third-order valence-electron chi connectivity index (χ3n) is 10.1. The van der Waals surface area contributed by atoms with Crippen molar-refractivity contribution >= 4 is 0 Å². The molecule has 0 fully saturated rings. The number of fused-ring (bicyclic) bond motifs is 2. The highest BCUT2D eigenvalue weighted by Gasteiger charge is 2.38. The second kappa shape index (κ2) is 13.1. The lowest BCUT2D eigenvalue weighted by atomic mass is 9.86. The molecule has 252 valence electrons. The summed E-state index contributed by atoms with van der Waals surface area (Å²) < 4.78 is 43.5. The quantitative estimate of drug-likeness (QED) is 0.223. The van der Waals surface area contributed by atoms with E-state index >= 15 is 0 Å². The highest BCUT2D eigenvalue weighted by Crippen LogP contribution is 2.56. The number of hydrogen-bond donors (Lipinski definition) is 0. The lowest BCUT2D eigenvalue weighted by molar-refractivity contribution is 0.213. The maximum atomic E-state index is 7.25. The Labute approximate surface area is 282 Å². The summed E-state index contributed by atoms with van der Waals surface area (Å²) in [6.45, 7) is 1.75. The highest BCUT2D eigenvalue weighted by molar-refractivity contribution is 5.70. The second-order valence-electron chi connectivity index (χ2n) is 12.8. The van der Waals surface area contributed by atoms with Gasteiger partial charge >= 0.3 is 0 Å². The molecule has 4 heterocycles. The molecule has 0 radical (unpaired) electrons. The minimum absolute atomic E-state index is 0.0193. The van der Waals surface area contributed by atoms with Crippen LogP contribution in [0.5, 0.6) is 51.7 Å². The normalized spacial score (nSPS) is 18.8. The fraction of sp³-hybridized carbons (Fsp3) is 0.385. The van der Waals surface area contributed by atoms with E-state index in [9.17, 15) is 0 Å². The van der Waals surface area contributed by atoms with Gasteiger partial charge in [0.15, 0.2) is 23.0 Å². The lowest BCUT2D eigenvalue weighted by Crippen LogP contribution is -2.35. The molecule has 9 nitrogen and oxygen atoms in total. The molecular formula is C39H44N2O7. The Kier molecular flexibility index (Phi) is 8.74. The van der Waals surface area contributed by atoms with E-state index < -0.39 is 0 Å². The molecule has 2 atom stereocenters. The molecule has 0 saturated heterocycles. The average Bonchev–Trinajstić information content (AvgIpc) is 3.10. The predicted octanol–water partition coefficient (Wildman–Crippen LogP) is 7.17.